The van der Waals surface area contributed by atoms with Crippen LogP contribution < -0.4 is 5.73 Å². The minimum absolute atomic E-state index is 0.551. The first-order chi connectivity index (χ1) is 6.66. The lowest BCUT2D eigenvalue weighted by Crippen LogP contribution is -2.03. The normalized spacial score (nSPS) is 10.7. The summed E-state index contributed by atoms with van der Waals surface area (Å²) in [5.41, 5.74) is 6.63. The van der Waals surface area contributed by atoms with Gasteiger partial charge in [0.2, 0.25) is 0 Å². The summed E-state index contributed by atoms with van der Waals surface area (Å²) in [4.78, 5) is 1.11. The third-order valence-electron chi connectivity index (χ3n) is 1.98. The molecular formula is C9H10ClN3S. The molecule has 2 heterocycles. The van der Waals surface area contributed by atoms with Gasteiger partial charge in [0.15, 0.2) is 0 Å². The van der Waals surface area contributed by atoms with E-state index in [-0.39, 0.29) is 0 Å². The summed E-state index contributed by atoms with van der Waals surface area (Å²) in [5.74, 6) is 0.551. The molecule has 0 unspecified atom stereocenters. The van der Waals surface area contributed by atoms with Crippen molar-refractivity contribution in [2.24, 2.45) is 0 Å². The Morgan fingerprint density at radius 1 is 1.64 bits per heavy atom. The maximum absolute atomic E-state index is 5.99. The summed E-state index contributed by atoms with van der Waals surface area (Å²) in [6, 6.07) is 3.74. The van der Waals surface area contributed by atoms with Crippen LogP contribution in [0.5, 0.6) is 0 Å². The van der Waals surface area contributed by atoms with E-state index in [4.69, 9.17) is 17.3 Å². The van der Waals surface area contributed by atoms with Crippen molar-refractivity contribution in [1.29, 1.82) is 0 Å². The lowest BCUT2D eigenvalue weighted by atomic mass is 10.4. The number of rotatable bonds is 2. The first kappa shape index (κ1) is 9.55. The lowest BCUT2D eigenvalue weighted by molar-refractivity contribution is 0.675. The van der Waals surface area contributed by atoms with Gasteiger partial charge in [-0.1, -0.05) is 11.6 Å². The van der Waals surface area contributed by atoms with Gasteiger partial charge in [-0.25, -0.2) is 0 Å². The smallest absolute Gasteiger partial charge is 0.145 e. The Balaban J connectivity index is 2.27. The molecular weight excluding hydrogens is 218 g/mol. The average molecular weight is 228 g/mol. The van der Waals surface area contributed by atoms with Crippen molar-refractivity contribution in [3.8, 4) is 0 Å². The molecule has 74 valence electrons. The number of halogens is 1. The molecule has 0 spiro atoms. The Morgan fingerprint density at radius 3 is 2.93 bits per heavy atom. The van der Waals surface area contributed by atoms with Gasteiger partial charge in [-0.15, -0.1) is 11.3 Å². The minimum atomic E-state index is 0.551. The molecule has 0 atom stereocenters. The number of hydrogen-bond acceptors (Lipinski definition) is 3. The maximum Gasteiger partial charge on any atom is 0.145 e. The highest BCUT2D eigenvalue weighted by molar-refractivity contribution is 7.10. The van der Waals surface area contributed by atoms with Crippen molar-refractivity contribution in [2.75, 3.05) is 5.73 Å². The number of nitrogens with two attached hydrogens (primary N) is 1. The quantitative estimate of drug-likeness (QED) is 0.857. The molecule has 2 rings (SSSR count). The Kier molecular flexibility index (Phi) is 2.48. The van der Waals surface area contributed by atoms with Crippen LogP contribution in [0.4, 0.5) is 5.82 Å². The van der Waals surface area contributed by atoms with Crippen LogP contribution in [0.3, 0.4) is 0 Å². The number of nitrogen functional groups attached to an aromatic ring is 1. The molecule has 0 fully saturated rings. The van der Waals surface area contributed by atoms with Crippen molar-refractivity contribution in [3.63, 3.8) is 0 Å². The summed E-state index contributed by atoms with van der Waals surface area (Å²) < 4.78 is 1.85. The van der Waals surface area contributed by atoms with Crippen LogP contribution in [-0.2, 0) is 6.54 Å². The fourth-order valence-electron chi connectivity index (χ4n) is 1.27. The Hall–Kier alpha value is -1.00. The molecule has 14 heavy (non-hydrogen) atoms. The largest absolute Gasteiger partial charge is 0.382 e. The monoisotopic (exact) mass is 227 g/mol. The predicted octanol–water partition coefficient (Wildman–Crippen LogP) is 2.54. The first-order valence-corrected chi connectivity index (χ1v) is 5.44. The number of aromatic nitrogens is 2. The third-order valence-corrected chi connectivity index (χ3v) is 3.36. The third kappa shape index (κ3) is 1.76. The Labute approximate surface area is 91.1 Å². The zero-order valence-electron chi connectivity index (χ0n) is 7.70. The van der Waals surface area contributed by atoms with Crippen LogP contribution in [0.25, 0.3) is 0 Å². The standard InChI is InChI=1S/C9H10ClN3S/c1-6-4-9(11)12-13(6)5-8-7(10)2-3-14-8/h2-4H,5H2,1H3,(H2,11,12). The van der Waals surface area contributed by atoms with Crippen molar-refractivity contribution >= 4 is 28.8 Å². The van der Waals surface area contributed by atoms with Gasteiger partial charge in [0.05, 0.1) is 11.6 Å². The van der Waals surface area contributed by atoms with Gasteiger partial charge in [0, 0.05) is 16.6 Å². The average Bonchev–Trinajstić information content (AvgIpc) is 2.62. The van der Waals surface area contributed by atoms with E-state index in [1.54, 1.807) is 11.3 Å². The topological polar surface area (TPSA) is 43.8 Å². The Morgan fingerprint density at radius 2 is 2.43 bits per heavy atom. The van der Waals surface area contributed by atoms with Crippen molar-refractivity contribution in [1.82, 2.24) is 9.78 Å². The van der Waals surface area contributed by atoms with Gasteiger partial charge < -0.3 is 5.73 Å². The highest BCUT2D eigenvalue weighted by Crippen LogP contribution is 2.23. The van der Waals surface area contributed by atoms with Crippen LogP contribution in [0.1, 0.15) is 10.6 Å². The fourth-order valence-corrected chi connectivity index (χ4v) is 2.35. The van der Waals surface area contributed by atoms with E-state index in [2.05, 4.69) is 5.10 Å². The van der Waals surface area contributed by atoms with Crippen molar-refractivity contribution in [3.05, 3.63) is 33.1 Å². The SMILES string of the molecule is Cc1cc(N)nn1Cc1sccc1Cl. The maximum atomic E-state index is 5.99. The number of aryl methyl sites for hydroxylation is 1. The zero-order valence-corrected chi connectivity index (χ0v) is 9.27. The molecule has 2 aromatic rings. The molecule has 3 nitrogen and oxygen atoms in total. The summed E-state index contributed by atoms with van der Waals surface area (Å²) in [6.45, 7) is 2.67. The van der Waals surface area contributed by atoms with Crippen LogP contribution in [-0.4, -0.2) is 9.78 Å². The van der Waals surface area contributed by atoms with Crippen LogP contribution in [0.2, 0.25) is 5.02 Å². The van der Waals surface area contributed by atoms with Gasteiger partial charge in [-0.2, -0.15) is 5.10 Å². The summed E-state index contributed by atoms with van der Waals surface area (Å²) in [6.07, 6.45) is 0. The zero-order chi connectivity index (χ0) is 10.1. The molecule has 2 aromatic heterocycles. The van der Waals surface area contributed by atoms with E-state index in [1.807, 2.05) is 29.1 Å². The lowest BCUT2D eigenvalue weighted by Gasteiger charge is -2.01. The van der Waals surface area contributed by atoms with E-state index in [9.17, 15) is 0 Å². The molecule has 0 aromatic carbocycles. The molecule has 0 saturated heterocycles. The van der Waals surface area contributed by atoms with Crippen molar-refractivity contribution < 1.29 is 0 Å². The molecule has 0 aliphatic heterocycles. The van der Waals surface area contributed by atoms with Crippen LogP contribution in [0, 0.1) is 6.92 Å². The van der Waals surface area contributed by atoms with E-state index in [0.29, 0.717) is 12.4 Å². The fraction of sp³-hybridized carbons (Fsp3) is 0.222. The number of anilines is 1. The summed E-state index contributed by atoms with van der Waals surface area (Å²) >= 11 is 7.62. The summed E-state index contributed by atoms with van der Waals surface area (Å²) in [7, 11) is 0. The highest BCUT2D eigenvalue weighted by atomic mass is 35.5. The van der Waals surface area contributed by atoms with Gasteiger partial charge in [0.1, 0.15) is 5.82 Å². The van der Waals surface area contributed by atoms with Gasteiger partial charge in [-0.3, -0.25) is 4.68 Å². The number of thiophene rings is 1. The number of hydrogen-bond donors (Lipinski definition) is 1. The Bertz CT molecular complexity index is 447. The van der Waals surface area contributed by atoms with Gasteiger partial charge in [-0.05, 0) is 18.4 Å². The molecule has 0 radical (unpaired) electrons. The predicted molar refractivity (Wildman–Crippen MR) is 59.8 cm³/mol. The molecule has 0 saturated carbocycles. The van der Waals surface area contributed by atoms with E-state index < -0.39 is 0 Å². The second-order valence-electron chi connectivity index (χ2n) is 3.06. The minimum Gasteiger partial charge on any atom is -0.382 e. The number of nitrogens with zero attached hydrogens (tertiary/aromatic N) is 2. The van der Waals surface area contributed by atoms with E-state index in [1.165, 1.54) is 0 Å². The molecule has 0 aliphatic rings. The van der Waals surface area contributed by atoms with Gasteiger partial charge in [0.25, 0.3) is 0 Å². The molecule has 2 N–H and O–H groups in total. The van der Waals surface area contributed by atoms with E-state index >= 15 is 0 Å². The molecule has 0 amide bonds. The van der Waals surface area contributed by atoms with Gasteiger partial charge >= 0.3 is 0 Å². The second-order valence-corrected chi connectivity index (χ2v) is 4.47. The molecule has 5 heteroatoms. The highest BCUT2D eigenvalue weighted by Gasteiger charge is 2.06. The van der Waals surface area contributed by atoms with Crippen LogP contribution >= 0.6 is 22.9 Å². The van der Waals surface area contributed by atoms with E-state index in [0.717, 1.165) is 15.6 Å². The second kappa shape index (κ2) is 3.63. The molecule has 0 bridgehead atoms. The van der Waals surface area contributed by atoms with Crippen LogP contribution in [0.15, 0.2) is 17.5 Å². The first-order valence-electron chi connectivity index (χ1n) is 4.18. The van der Waals surface area contributed by atoms with Crippen molar-refractivity contribution in [2.45, 2.75) is 13.5 Å². The molecule has 0 aliphatic carbocycles. The summed E-state index contributed by atoms with van der Waals surface area (Å²) in [5, 5.41) is 6.94.